The third-order valence-corrected chi connectivity index (χ3v) is 3.14. The highest BCUT2D eigenvalue weighted by Gasteiger charge is 2.40. The van der Waals surface area contributed by atoms with Crippen molar-refractivity contribution < 1.29 is 24.4 Å². The zero-order chi connectivity index (χ0) is 16.3. The van der Waals surface area contributed by atoms with Gasteiger partial charge in [-0.25, -0.2) is 5.43 Å². The summed E-state index contributed by atoms with van der Waals surface area (Å²) in [5.74, 6) is -0.995. The number of aliphatic hydroxyl groups is 1. The van der Waals surface area contributed by atoms with Crippen molar-refractivity contribution in [2.24, 2.45) is 0 Å². The van der Waals surface area contributed by atoms with Gasteiger partial charge in [0.2, 0.25) is 0 Å². The average Bonchev–Trinajstić information content (AvgIpc) is 2.48. The predicted octanol–water partition coefficient (Wildman–Crippen LogP) is -0.266. The Balaban J connectivity index is 1.77. The number of amides is 1. The number of rotatable bonds is 6. The summed E-state index contributed by atoms with van der Waals surface area (Å²) < 4.78 is 4.97. The van der Waals surface area contributed by atoms with Crippen molar-refractivity contribution in [1.82, 2.24) is 10.4 Å². The number of nitrogens with one attached hydrogen (secondary N) is 1. The lowest BCUT2D eigenvalue weighted by Crippen LogP contribution is -2.70. The van der Waals surface area contributed by atoms with E-state index in [-0.39, 0.29) is 24.7 Å². The third-order valence-electron chi connectivity index (χ3n) is 3.14. The van der Waals surface area contributed by atoms with E-state index >= 15 is 0 Å². The van der Waals surface area contributed by atoms with Gasteiger partial charge in [0.05, 0.1) is 11.0 Å². The Labute approximate surface area is 125 Å². The molecular formula is C13H15N3O6. The Bertz CT molecular complexity index is 586. The Morgan fingerprint density at radius 1 is 1.50 bits per heavy atom. The first-order valence-electron chi connectivity index (χ1n) is 6.53. The normalized spacial score (nSPS) is 18.5. The van der Waals surface area contributed by atoms with Crippen LogP contribution in [0.15, 0.2) is 24.3 Å². The van der Waals surface area contributed by atoms with Gasteiger partial charge in [0, 0.05) is 12.1 Å². The maximum Gasteiger partial charge on any atom is 0.327 e. The average molecular weight is 309 g/mol. The van der Waals surface area contributed by atoms with E-state index in [4.69, 9.17) is 4.74 Å². The SMILES string of the molecule is C[C@@H](O)[C@@H]1NN(CC(=O)OCc2ccc([N+](=O)[O-])cc2)C1=O. The molecule has 1 aliphatic rings. The van der Waals surface area contributed by atoms with Gasteiger partial charge in [0.1, 0.15) is 19.2 Å². The summed E-state index contributed by atoms with van der Waals surface area (Å²) in [6.45, 7) is 1.16. The minimum absolute atomic E-state index is 0.0430. The molecule has 2 N–H and O–H groups in total. The fraction of sp³-hybridized carbons (Fsp3) is 0.385. The fourth-order valence-electron chi connectivity index (χ4n) is 1.88. The molecule has 22 heavy (non-hydrogen) atoms. The van der Waals surface area contributed by atoms with Gasteiger partial charge in [-0.3, -0.25) is 24.7 Å². The zero-order valence-corrected chi connectivity index (χ0v) is 11.8. The van der Waals surface area contributed by atoms with E-state index in [9.17, 15) is 24.8 Å². The molecule has 0 unspecified atom stereocenters. The van der Waals surface area contributed by atoms with Crippen LogP contribution >= 0.6 is 0 Å². The Kier molecular flexibility index (Phi) is 4.68. The van der Waals surface area contributed by atoms with Crippen LogP contribution in [0.25, 0.3) is 0 Å². The zero-order valence-electron chi connectivity index (χ0n) is 11.8. The Morgan fingerprint density at radius 2 is 2.14 bits per heavy atom. The summed E-state index contributed by atoms with van der Waals surface area (Å²) >= 11 is 0. The second-order valence-corrected chi connectivity index (χ2v) is 4.86. The Hall–Kier alpha value is -2.52. The lowest BCUT2D eigenvalue weighted by atomic mass is 10.1. The van der Waals surface area contributed by atoms with Crippen LogP contribution in [-0.4, -0.2) is 45.6 Å². The number of hydrogen-bond acceptors (Lipinski definition) is 7. The van der Waals surface area contributed by atoms with Crippen LogP contribution in [0.3, 0.4) is 0 Å². The van der Waals surface area contributed by atoms with Crippen molar-refractivity contribution in [3.05, 3.63) is 39.9 Å². The molecule has 1 amide bonds. The maximum absolute atomic E-state index is 11.6. The van der Waals surface area contributed by atoms with Gasteiger partial charge in [-0.05, 0) is 24.6 Å². The molecule has 0 aliphatic carbocycles. The van der Waals surface area contributed by atoms with Gasteiger partial charge in [-0.2, -0.15) is 0 Å². The van der Waals surface area contributed by atoms with Crippen molar-refractivity contribution in [3.63, 3.8) is 0 Å². The molecule has 9 heteroatoms. The maximum atomic E-state index is 11.6. The van der Waals surface area contributed by atoms with E-state index in [0.717, 1.165) is 5.01 Å². The Morgan fingerprint density at radius 3 is 2.64 bits per heavy atom. The number of nitrogens with zero attached hydrogens (tertiary/aromatic N) is 2. The molecule has 1 fully saturated rings. The quantitative estimate of drug-likeness (QED) is 0.421. The van der Waals surface area contributed by atoms with Crippen molar-refractivity contribution in [2.45, 2.75) is 25.7 Å². The number of carbonyl (C=O) groups is 2. The lowest BCUT2D eigenvalue weighted by molar-refractivity contribution is -0.384. The number of carbonyl (C=O) groups excluding carboxylic acids is 2. The summed E-state index contributed by atoms with van der Waals surface area (Å²) in [7, 11) is 0. The monoisotopic (exact) mass is 309 g/mol. The van der Waals surface area contributed by atoms with Crippen molar-refractivity contribution >= 4 is 17.6 Å². The van der Waals surface area contributed by atoms with Crippen LogP contribution in [0.5, 0.6) is 0 Å². The number of hydrazine groups is 1. The van der Waals surface area contributed by atoms with Crippen molar-refractivity contribution in [2.75, 3.05) is 6.54 Å². The van der Waals surface area contributed by atoms with Crippen molar-refractivity contribution in [1.29, 1.82) is 0 Å². The summed E-state index contributed by atoms with van der Waals surface area (Å²) in [5, 5.41) is 20.8. The molecule has 1 aromatic carbocycles. The number of non-ortho nitro benzene ring substituents is 1. The standard InChI is InChI=1S/C13H15N3O6/c1-8(17)12-13(19)15(14-12)6-11(18)22-7-9-2-4-10(5-3-9)16(20)21/h2-5,8,12,14,17H,6-7H2,1H3/t8-,12+/m1/s1. The molecular weight excluding hydrogens is 294 g/mol. The molecule has 1 saturated heterocycles. The summed E-state index contributed by atoms with van der Waals surface area (Å²) in [6.07, 6.45) is -0.833. The molecule has 9 nitrogen and oxygen atoms in total. The van der Waals surface area contributed by atoms with Crippen LogP contribution in [0.4, 0.5) is 5.69 Å². The molecule has 0 spiro atoms. The highest BCUT2D eigenvalue weighted by molar-refractivity contribution is 5.90. The first-order valence-corrected chi connectivity index (χ1v) is 6.53. The van der Waals surface area contributed by atoms with Crippen LogP contribution in [0, 0.1) is 10.1 Å². The highest BCUT2D eigenvalue weighted by Crippen LogP contribution is 2.13. The molecule has 2 rings (SSSR count). The van der Waals surface area contributed by atoms with Gasteiger partial charge in [-0.1, -0.05) is 0 Å². The number of hydrogen-bond donors (Lipinski definition) is 2. The number of benzene rings is 1. The van der Waals surface area contributed by atoms with Crippen LogP contribution in [0.2, 0.25) is 0 Å². The second kappa shape index (κ2) is 6.50. The van der Waals surface area contributed by atoms with E-state index in [1.54, 1.807) is 0 Å². The van der Waals surface area contributed by atoms with Gasteiger partial charge < -0.3 is 9.84 Å². The minimum atomic E-state index is -0.833. The number of ether oxygens (including phenoxy) is 1. The predicted molar refractivity (Wildman–Crippen MR) is 73.2 cm³/mol. The summed E-state index contributed by atoms with van der Waals surface area (Å²) in [5.41, 5.74) is 3.19. The fourth-order valence-corrected chi connectivity index (χ4v) is 1.88. The van der Waals surface area contributed by atoms with Gasteiger partial charge in [0.15, 0.2) is 0 Å². The van der Waals surface area contributed by atoms with Gasteiger partial charge >= 0.3 is 5.97 Å². The molecule has 1 aliphatic heterocycles. The summed E-state index contributed by atoms with van der Waals surface area (Å²) in [4.78, 5) is 33.1. The highest BCUT2D eigenvalue weighted by atomic mass is 16.6. The van der Waals surface area contributed by atoms with Crippen molar-refractivity contribution in [3.8, 4) is 0 Å². The number of aliphatic hydroxyl groups excluding tert-OH is 1. The van der Waals surface area contributed by atoms with E-state index in [2.05, 4.69) is 5.43 Å². The summed E-state index contributed by atoms with van der Waals surface area (Å²) in [6, 6.07) is 4.92. The van der Waals surface area contributed by atoms with Crippen LogP contribution < -0.4 is 5.43 Å². The molecule has 2 atom stereocenters. The molecule has 118 valence electrons. The topological polar surface area (TPSA) is 122 Å². The van der Waals surface area contributed by atoms with E-state index in [1.165, 1.54) is 31.2 Å². The smallest absolute Gasteiger partial charge is 0.327 e. The number of nitro groups is 1. The molecule has 0 saturated carbocycles. The molecule has 1 heterocycles. The number of nitro benzene ring substituents is 1. The largest absolute Gasteiger partial charge is 0.459 e. The van der Waals surface area contributed by atoms with E-state index < -0.39 is 23.0 Å². The van der Waals surface area contributed by atoms with E-state index in [1.807, 2.05) is 0 Å². The lowest BCUT2D eigenvalue weighted by Gasteiger charge is -2.39. The molecule has 0 bridgehead atoms. The molecule has 1 aromatic rings. The number of esters is 1. The molecule has 0 radical (unpaired) electrons. The second-order valence-electron chi connectivity index (χ2n) is 4.86. The third kappa shape index (κ3) is 3.57. The minimum Gasteiger partial charge on any atom is -0.459 e. The van der Waals surface area contributed by atoms with Gasteiger partial charge in [0.25, 0.3) is 11.6 Å². The van der Waals surface area contributed by atoms with E-state index in [0.29, 0.717) is 5.56 Å². The first-order chi connectivity index (χ1) is 10.4. The molecule has 0 aromatic heterocycles. The van der Waals surface area contributed by atoms with Crippen LogP contribution in [0.1, 0.15) is 12.5 Å². The first kappa shape index (κ1) is 15.9. The van der Waals surface area contributed by atoms with Crippen LogP contribution in [-0.2, 0) is 20.9 Å². The van der Waals surface area contributed by atoms with Gasteiger partial charge in [-0.15, -0.1) is 0 Å².